The first-order valence-corrected chi connectivity index (χ1v) is 11.6. The van der Waals surface area contributed by atoms with E-state index in [-0.39, 0.29) is 11.2 Å². The van der Waals surface area contributed by atoms with Gasteiger partial charge < -0.3 is 15.2 Å². The second kappa shape index (κ2) is 7.59. The van der Waals surface area contributed by atoms with Gasteiger partial charge in [-0.3, -0.25) is 9.79 Å². The molecule has 0 saturated carbocycles. The molecule has 2 aliphatic rings. The molecule has 1 aromatic heterocycles. The average molecular weight is 429 g/mol. The fourth-order valence-electron chi connectivity index (χ4n) is 5.49. The molecule has 1 atom stereocenters. The molecule has 3 aromatic rings. The molecule has 0 spiro atoms. The van der Waals surface area contributed by atoms with Crippen molar-refractivity contribution in [1.82, 2.24) is 10.3 Å². The number of benzene rings is 2. The lowest BCUT2D eigenvalue weighted by Crippen LogP contribution is -2.49. The topological polar surface area (TPSA) is 60.5 Å². The van der Waals surface area contributed by atoms with E-state index in [9.17, 15) is 4.79 Å². The van der Waals surface area contributed by atoms with E-state index in [4.69, 9.17) is 0 Å². The lowest BCUT2D eigenvalue weighted by atomic mass is 9.70. The molecule has 32 heavy (non-hydrogen) atoms. The molecule has 166 valence electrons. The summed E-state index contributed by atoms with van der Waals surface area (Å²) in [4.78, 5) is 24.0. The van der Waals surface area contributed by atoms with Crippen LogP contribution in [-0.4, -0.2) is 49.7 Å². The molecule has 0 bridgehead atoms. The van der Waals surface area contributed by atoms with Crippen LogP contribution in [0.3, 0.4) is 0 Å². The Bertz CT molecular complexity index is 1250. The van der Waals surface area contributed by atoms with Gasteiger partial charge in [0.2, 0.25) is 0 Å². The van der Waals surface area contributed by atoms with Gasteiger partial charge in [0.05, 0.1) is 5.56 Å². The van der Waals surface area contributed by atoms with Crippen LogP contribution in [0, 0.1) is 0 Å². The van der Waals surface area contributed by atoms with Gasteiger partial charge in [0.25, 0.3) is 0 Å². The number of aromatic amines is 1. The molecular weight excluding hydrogens is 396 g/mol. The minimum absolute atomic E-state index is 0.132. The summed E-state index contributed by atoms with van der Waals surface area (Å²) in [5.41, 5.74) is 8.08. The van der Waals surface area contributed by atoms with Crippen LogP contribution >= 0.6 is 0 Å². The van der Waals surface area contributed by atoms with Crippen LogP contribution in [0.5, 0.6) is 0 Å². The van der Waals surface area contributed by atoms with Crippen molar-refractivity contribution in [3.63, 3.8) is 0 Å². The standard InChI is InChI=1S/C27H32N4O/c1-6-18-12-20-21(13-23(18)31-10-9-29-16(2)15-31)27(3,4)26-24(25(20)32)19-8-7-17(14-28-5)11-22(19)30-26/h7-8,11-14,16,29-30H,6,9-10,15H2,1-5H3/t16-/m0/s1. The van der Waals surface area contributed by atoms with Gasteiger partial charge in [-0.25, -0.2) is 0 Å². The zero-order valence-corrected chi connectivity index (χ0v) is 19.7. The maximum absolute atomic E-state index is 13.8. The van der Waals surface area contributed by atoms with Crippen LogP contribution in [0.4, 0.5) is 5.69 Å². The van der Waals surface area contributed by atoms with Gasteiger partial charge >= 0.3 is 0 Å². The third kappa shape index (κ3) is 3.10. The molecule has 5 rings (SSSR count). The van der Waals surface area contributed by atoms with Crippen LogP contribution in [0.2, 0.25) is 0 Å². The molecule has 2 N–H and O–H groups in total. The molecule has 2 heterocycles. The van der Waals surface area contributed by atoms with Crippen LogP contribution in [0.15, 0.2) is 35.3 Å². The van der Waals surface area contributed by atoms with E-state index < -0.39 is 0 Å². The summed E-state index contributed by atoms with van der Waals surface area (Å²) in [5, 5.41) is 4.53. The first-order chi connectivity index (χ1) is 15.3. The van der Waals surface area contributed by atoms with Crippen molar-refractivity contribution >= 4 is 28.6 Å². The number of aromatic nitrogens is 1. The van der Waals surface area contributed by atoms with Crippen molar-refractivity contribution < 1.29 is 4.79 Å². The maximum Gasteiger partial charge on any atom is 0.195 e. The van der Waals surface area contributed by atoms with Crippen molar-refractivity contribution in [2.75, 3.05) is 31.6 Å². The van der Waals surface area contributed by atoms with Crippen LogP contribution < -0.4 is 10.2 Å². The molecule has 0 radical (unpaired) electrons. The van der Waals surface area contributed by atoms with Gasteiger partial charge in [0.15, 0.2) is 5.78 Å². The van der Waals surface area contributed by atoms with Crippen molar-refractivity contribution in [1.29, 1.82) is 0 Å². The zero-order chi connectivity index (χ0) is 22.6. The number of H-pyrrole nitrogens is 1. The number of fused-ring (bicyclic) bond motifs is 4. The maximum atomic E-state index is 13.8. The van der Waals surface area contributed by atoms with Gasteiger partial charge in [0, 0.05) is 72.2 Å². The van der Waals surface area contributed by atoms with Gasteiger partial charge in [0.1, 0.15) is 0 Å². The van der Waals surface area contributed by atoms with Crippen molar-refractivity contribution in [3.8, 4) is 0 Å². The number of aliphatic imine (C=N–C) groups is 1. The minimum Gasteiger partial charge on any atom is -0.368 e. The van der Waals surface area contributed by atoms with Gasteiger partial charge in [-0.15, -0.1) is 0 Å². The largest absolute Gasteiger partial charge is 0.368 e. The van der Waals surface area contributed by atoms with E-state index in [1.54, 1.807) is 7.05 Å². The van der Waals surface area contributed by atoms with Gasteiger partial charge in [-0.05, 0) is 48.2 Å². The lowest BCUT2D eigenvalue weighted by molar-refractivity contribution is 0.103. The Morgan fingerprint density at radius 2 is 2.06 bits per heavy atom. The van der Waals surface area contributed by atoms with Crippen molar-refractivity contribution in [2.24, 2.45) is 4.99 Å². The number of nitrogens with one attached hydrogen (secondary N) is 2. The molecule has 5 nitrogen and oxygen atoms in total. The van der Waals surface area contributed by atoms with E-state index in [0.717, 1.165) is 64.9 Å². The number of carbonyl (C=O) groups is 1. The molecule has 1 fully saturated rings. The Morgan fingerprint density at radius 1 is 1.25 bits per heavy atom. The number of anilines is 1. The highest BCUT2D eigenvalue weighted by molar-refractivity contribution is 6.20. The van der Waals surface area contributed by atoms with Gasteiger partial charge in [-0.2, -0.15) is 0 Å². The summed E-state index contributed by atoms with van der Waals surface area (Å²) >= 11 is 0. The molecule has 5 heteroatoms. The smallest absolute Gasteiger partial charge is 0.195 e. The Labute approximate surface area is 189 Å². The van der Waals surface area contributed by atoms with Crippen LogP contribution in [-0.2, 0) is 11.8 Å². The number of aryl methyl sites for hydroxylation is 1. The normalized spacial score (nSPS) is 20.1. The first kappa shape index (κ1) is 21.0. The summed E-state index contributed by atoms with van der Waals surface area (Å²) in [6.07, 6.45) is 2.75. The zero-order valence-electron chi connectivity index (χ0n) is 19.7. The molecule has 1 aliphatic carbocycles. The van der Waals surface area contributed by atoms with E-state index >= 15 is 0 Å². The highest BCUT2D eigenvalue weighted by Gasteiger charge is 2.40. The number of carbonyl (C=O) groups excluding carboxylic acids is 1. The van der Waals surface area contributed by atoms with Crippen molar-refractivity contribution in [3.05, 3.63) is 63.8 Å². The number of nitrogens with zero attached hydrogens (tertiary/aromatic N) is 2. The third-order valence-electron chi connectivity index (χ3n) is 7.18. The van der Waals surface area contributed by atoms with Crippen LogP contribution in [0.25, 0.3) is 10.9 Å². The minimum atomic E-state index is -0.294. The Hall–Kier alpha value is -2.92. The summed E-state index contributed by atoms with van der Waals surface area (Å²) < 4.78 is 0. The summed E-state index contributed by atoms with van der Waals surface area (Å²) in [6, 6.07) is 11.1. The first-order valence-electron chi connectivity index (χ1n) is 11.6. The number of ketones is 1. The number of rotatable bonds is 3. The molecule has 0 unspecified atom stereocenters. The number of hydrogen-bond acceptors (Lipinski definition) is 4. The monoisotopic (exact) mass is 428 g/mol. The number of piperazine rings is 1. The summed E-state index contributed by atoms with van der Waals surface area (Å²) in [7, 11) is 1.77. The van der Waals surface area contributed by atoms with E-state index in [1.807, 2.05) is 12.3 Å². The Balaban J connectivity index is 1.70. The summed E-state index contributed by atoms with van der Waals surface area (Å²) in [6.45, 7) is 11.8. The van der Waals surface area contributed by atoms with Gasteiger partial charge in [-0.1, -0.05) is 32.9 Å². The second-order valence-corrected chi connectivity index (χ2v) is 9.70. The van der Waals surface area contributed by atoms with Crippen molar-refractivity contribution in [2.45, 2.75) is 45.6 Å². The van der Waals surface area contributed by atoms with Crippen LogP contribution in [0.1, 0.15) is 66.0 Å². The van der Waals surface area contributed by atoms with E-state index in [0.29, 0.717) is 6.04 Å². The highest BCUT2D eigenvalue weighted by atomic mass is 16.1. The van der Waals surface area contributed by atoms with E-state index in [1.165, 1.54) is 11.3 Å². The lowest BCUT2D eigenvalue weighted by Gasteiger charge is -2.38. The fourth-order valence-corrected chi connectivity index (χ4v) is 5.49. The number of hydrogen-bond donors (Lipinski definition) is 2. The van der Waals surface area contributed by atoms with E-state index in [2.05, 4.69) is 72.2 Å². The molecule has 2 aromatic carbocycles. The predicted octanol–water partition coefficient (Wildman–Crippen LogP) is 4.45. The highest BCUT2D eigenvalue weighted by Crippen LogP contribution is 2.45. The molecule has 1 saturated heterocycles. The quantitative estimate of drug-likeness (QED) is 0.606. The predicted molar refractivity (Wildman–Crippen MR) is 133 cm³/mol. The fraction of sp³-hybridized carbons (Fsp3) is 0.407. The Morgan fingerprint density at radius 3 is 2.78 bits per heavy atom. The third-order valence-corrected chi connectivity index (χ3v) is 7.18. The Kier molecular flexibility index (Phi) is 4.97. The SMILES string of the molecule is CCc1cc2c(cc1N1CCN[C@@H](C)C1)C(C)(C)c1[nH]c3cc(C=NC)ccc3c1C2=O. The molecular formula is C27H32N4O. The molecule has 0 amide bonds. The molecule has 1 aliphatic heterocycles. The second-order valence-electron chi connectivity index (χ2n) is 9.70. The summed E-state index contributed by atoms with van der Waals surface area (Å²) in [5.74, 6) is 0.132. The average Bonchev–Trinajstić information content (AvgIpc) is 3.17.